The summed E-state index contributed by atoms with van der Waals surface area (Å²) in [6.07, 6.45) is 8.34. The van der Waals surface area contributed by atoms with Gasteiger partial charge in [-0.3, -0.25) is 4.79 Å². The van der Waals surface area contributed by atoms with Crippen molar-refractivity contribution >= 4 is 11.7 Å². The van der Waals surface area contributed by atoms with Crippen LogP contribution >= 0.6 is 0 Å². The first-order valence-corrected chi connectivity index (χ1v) is 10.1. The molecule has 1 fully saturated rings. The van der Waals surface area contributed by atoms with Crippen molar-refractivity contribution in [3.05, 3.63) is 56.8 Å². The van der Waals surface area contributed by atoms with Gasteiger partial charge in [-0.2, -0.15) is 5.10 Å². The van der Waals surface area contributed by atoms with E-state index in [0.717, 1.165) is 73.8 Å². The Kier molecular flexibility index (Phi) is 5.41. The van der Waals surface area contributed by atoms with Gasteiger partial charge in [-0.25, -0.2) is 14.3 Å². The maximum atomic E-state index is 14.2. The number of anilines is 1. The maximum Gasteiger partial charge on any atom is 0.319 e. The standard InChI is InChI=1S/C21H25FN4O2/c22-17-10-9-13(12-19(17)24-21(28)23-14-5-1-2-6-14)11-18-15-7-3-4-8-16(15)20(27)26-25-18/h9-10,12,14H,1-8,11H2,(H,26,27)(H2,23,24,28). The van der Waals surface area contributed by atoms with Gasteiger partial charge in [0.2, 0.25) is 0 Å². The van der Waals surface area contributed by atoms with E-state index in [4.69, 9.17) is 0 Å². The summed E-state index contributed by atoms with van der Waals surface area (Å²) in [6.45, 7) is 0. The van der Waals surface area contributed by atoms with Crippen molar-refractivity contribution < 1.29 is 9.18 Å². The zero-order chi connectivity index (χ0) is 19.5. The van der Waals surface area contributed by atoms with Crippen LogP contribution in [0.1, 0.15) is 60.9 Å². The minimum absolute atomic E-state index is 0.108. The molecule has 2 aliphatic carbocycles. The zero-order valence-corrected chi connectivity index (χ0v) is 15.8. The third-order valence-corrected chi connectivity index (χ3v) is 5.72. The highest BCUT2D eigenvalue weighted by Crippen LogP contribution is 2.24. The Balaban J connectivity index is 1.51. The van der Waals surface area contributed by atoms with E-state index in [0.29, 0.717) is 6.42 Å². The highest BCUT2D eigenvalue weighted by molar-refractivity contribution is 5.89. The minimum atomic E-state index is -0.471. The molecule has 2 aromatic rings. The van der Waals surface area contributed by atoms with Gasteiger partial charge in [-0.05, 0) is 61.8 Å². The number of nitrogens with zero attached hydrogens (tertiary/aromatic N) is 1. The van der Waals surface area contributed by atoms with Gasteiger partial charge in [-0.15, -0.1) is 0 Å². The number of urea groups is 1. The van der Waals surface area contributed by atoms with Crippen LogP contribution in [0.3, 0.4) is 0 Å². The van der Waals surface area contributed by atoms with Crippen LogP contribution in [0.4, 0.5) is 14.9 Å². The Labute approximate surface area is 162 Å². The third kappa shape index (κ3) is 4.08. The fourth-order valence-electron chi connectivity index (χ4n) is 4.26. The van der Waals surface area contributed by atoms with Crippen molar-refractivity contribution in [2.75, 3.05) is 5.32 Å². The number of carbonyl (C=O) groups is 1. The molecular formula is C21H25FN4O2. The van der Waals surface area contributed by atoms with Crippen LogP contribution in [0.15, 0.2) is 23.0 Å². The summed E-state index contributed by atoms with van der Waals surface area (Å²) in [4.78, 5) is 24.2. The van der Waals surface area contributed by atoms with Crippen LogP contribution in [0, 0.1) is 5.82 Å². The summed E-state index contributed by atoms with van der Waals surface area (Å²) in [7, 11) is 0. The number of benzene rings is 1. The van der Waals surface area contributed by atoms with E-state index in [9.17, 15) is 14.0 Å². The van der Waals surface area contributed by atoms with E-state index in [1.165, 1.54) is 6.07 Å². The number of hydrogen-bond donors (Lipinski definition) is 3. The Hall–Kier alpha value is -2.70. The van der Waals surface area contributed by atoms with Crippen LogP contribution < -0.4 is 16.2 Å². The first-order valence-electron chi connectivity index (χ1n) is 10.1. The normalized spacial score (nSPS) is 16.6. The molecule has 4 rings (SSSR count). The molecule has 3 N–H and O–H groups in total. The molecule has 6 nitrogen and oxygen atoms in total. The first kappa shape index (κ1) is 18.7. The van der Waals surface area contributed by atoms with E-state index < -0.39 is 5.82 Å². The molecule has 0 radical (unpaired) electrons. The number of aromatic amines is 1. The summed E-state index contributed by atoms with van der Waals surface area (Å²) in [5.74, 6) is -0.471. The van der Waals surface area contributed by atoms with Gasteiger partial charge in [-0.1, -0.05) is 18.9 Å². The summed E-state index contributed by atoms with van der Waals surface area (Å²) in [6, 6.07) is 4.49. The molecule has 28 heavy (non-hydrogen) atoms. The van der Waals surface area contributed by atoms with Crippen LogP contribution in [-0.4, -0.2) is 22.3 Å². The summed E-state index contributed by atoms with van der Waals surface area (Å²) in [5, 5.41) is 12.4. The second kappa shape index (κ2) is 8.12. The topological polar surface area (TPSA) is 86.9 Å². The molecule has 148 valence electrons. The van der Waals surface area contributed by atoms with Crippen molar-refractivity contribution in [2.45, 2.75) is 63.8 Å². The predicted octanol–water partition coefficient (Wildman–Crippen LogP) is 3.44. The maximum absolute atomic E-state index is 14.2. The second-order valence-electron chi connectivity index (χ2n) is 7.73. The number of amides is 2. The molecule has 0 unspecified atom stereocenters. The molecule has 1 aromatic carbocycles. The van der Waals surface area contributed by atoms with Gasteiger partial charge in [0.1, 0.15) is 5.82 Å². The van der Waals surface area contributed by atoms with Crippen LogP contribution in [0.5, 0.6) is 0 Å². The lowest BCUT2D eigenvalue weighted by Gasteiger charge is -2.18. The van der Waals surface area contributed by atoms with E-state index in [1.54, 1.807) is 12.1 Å². The summed E-state index contributed by atoms with van der Waals surface area (Å²) in [5.41, 5.74) is 3.56. The van der Waals surface area contributed by atoms with Gasteiger partial charge in [0.05, 0.1) is 11.4 Å². The number of rotatable bonds is 4. The lowest BCUT2D eigenvalue weighted by molar-refractivity contribution is 0.248. The van der Waals surface area contributed by atoms with Gasteiger partial charge in [0.15, 0.2) is 0 Å². The number of nitrogens with one attached hydrogen (secondary N) is 3. The van der Waals surface area contributed by atoms with Crippen molar-refractivity contribution in [3.8, 4) is 0 Å². The lowest BCUT2D eigenvalue weighted by Crippen LogP contribution is -2.36. The quantitative estimate of drug-likeness (QED) is 0.755. The molecule has 0 aliphatic heterocycles. The van der Waals surface area contributed by atoms with Crippen LogP contribution in [0.25, 0.3) is 0 Å². The zero-order valence-electron chi connectivity index (χ0n) is 15.8. The second-order valence-corrected chi connectivity index (χ2v) is 7.73. The Morgan fingerprint density at radius 2 is 1.89 bits per heavy atom. The lowest BCUT2D eigenvalue weighted by atomic mass is 9.90. The molecule has 0 spiro atoms. The fraction of sp³-hybridized carbons (Fsp3) is 0.476. The van der Waals surface area contributed by atoms with Crippen LogP contribution in [-0.2, 0) is 19.3 Å². The van der Waals surface area contributed by atoms with Crippen molar-refractivity contribution in [1.82, 2.24) is 15.5 Å². The van der Waals surface area contributed by atoms with Gasteiger partial charge < -0.3 is 10.6 Å². The molecule has 1 aromatic heterocycles. The highest BCUT2D eigenvalue weighted by Gasteiger charge is 2.20. The van der Waals surface area contributed by atoms with Crippen molar-refractivity contribution in [1.29, 1.82) is 0 Å². The molecule has 2 amide bonds. The van der Waals surface area contributed by atoms with E-state index in [1.807, 2.05) is 0 Å². The molecule has 7 heteroatoms. The Morgan fingerprint density at radius 1 is 1.14 bits per heavy atom. The van der Waals surface area contributed by atoms with Crippen LogP contribution in [0.2, 0.25) is 0 Å². The van der Waals surface area contributed by atoms with E-state index >= 15 is 0 Å². The van der Waals surface area contributed by atoms with Gasteiger partial charge >= 0.3 is 6.03 Å². The summed E-state index contributed by atoms with van der Waals surface area (Å²) >= 11 is 0. The number of aromatic nitrogens is 2. The number of H-pyrrole nitrogens is 1. The average molecular weight is 384 g/mol. The van der Waals surface area contributed by atoms with Crippen molar-refractivity contribution in [3.63, 3.8) is 0 Å². The Morgan fingerprint density at radius 3 is 2.68 bits per heavy atom. The van der Waals surface area contributed by atoms with E-state index in [-0.39, 0.29) is 23.3 Å². The molecule has 1 saturated carbocycles. The number of hydrogen-bond acceptors (Lipinski definition) is 3. The average Bonchev–Trinajstić information content (AvgIpc) is 3.20. The monoisotopic (exact) mass is 384 g/mol. The molecule has 0 bridgehead atoms. The number of halogens is 1. The minimum Gasteiger partial charge on any atom is -0.335 e. The largest absolute Gasteiger partial charge is 0.335 e. The molecule has 0 atom stereocenters. The van der Waals surface area contributed by atoms with Gasteiger partial charge in [0.25, 0.3) is 5.56 Å². The molecule has 1 heterocycles. The predicted molar refractivity (Wildman–Crippen MR) is 105 cm³/mol. The number of fused-ring (bicyclic) bond motifs is 1. The fourth-order valence-corrected chi connectivity index (χ4v) is 4.26. The molecule has 2 aliphatic rings. The number of carbonyl (C=O) groups excluding carboxylic acids is 1. The Bertz CT molecular complexity index is 934. The molecule has 0 saturated heterocycles. The van der Waals surface area contributed by atoms with E-state index in [2.05, 4.69) is 20.8 Å². The highest BCUT2D eigenvalue weighted by atomic mass is 19.1. The smallest absolute Gasteiger partial charge is 0.319 e. The SMILES string of the molecule is O=C(Nc1cc(Cc2n[nH]c(=O)c3c2CCCC3)ccc1F)NC1CCCC1. The van der Waals surface area contributed by atoms with Crippen molar-refractivity contribution in [2.24, 2.45) is 0 Å². The van der Waals surface area contributed by atoms with Gasteiger partial charge in [0, 0.05) is 18.0 Å². The first-order chi connectivity index (χ1) is 13.6. The molecular weight excluding hydrogens is 359 g/mol. The third-order valence-electron chi connectivity index (χ3n) is 5.72. The summed E-state index contributed by atoms with van der Waals surface area (Å²) < 4.78 is 14.2.